The van der Waals surface area contributed by atoms with Gasteiger partial charge in [-0.25, -0.2) is 22.3 Å². The van der Waals surface area contributed by atoms with Crippen molar-refractivity contribution in [1.82, 2.24) is 4.31 Å². The van der Waals surface area contributed by atoms with E-state index in [0.717, 1.165) is 53.8 Å². The molecule has 0 bridgehead atoms. The van der Waals surface area contributed by atoms with Gasteiger partial charge in [0.2, 0.25) is 10.0 Å². The fraction of sp³-hybridized carbons (Fsp3) is 0.412. The molecule has 1 N–H and O–H groups in total. The molecule has 0 amide bonds. The molecular formula is C34H39BrN2O7S2. The number of nitrogens with one attached hydrogen (secondary N) is 1. The van der Waals surface area contributed by atoms with E-state index in [-0.39, 0.29) is 41.7 Å². The van der Waals surface area contributed by atoms with Crippen LogP contribution in [0.3, 0.4) is 0 Å². The van der Waals surface area contributed by atoms with Gasteiger partial charge in [0.05, 0.1) is 15.1 Å². The molecule has 2 fully saturated rings. The zero-order chi connectivity index (χ0) is 32.5. The number of piperidine rings is 1. The molecule has 1 saturated heterocycles. The minimum absolute atomic E-state index is 0.00156. The average Bonchev–Trinajstić information content (AvgIpc) is 3.39. The first-order valence-electron chi connectivity index (χ1n) is 15.5. The summed E-state index contributed by atoms with van der Waals surface area (Å²) in [7, 11) is -3.39. The molecule has 2 aliphatic rings. The topological polar surface area (TPSA) is 111 Å². The molecule has 46 heavy (non-hydrogen) atoms. The number of nitrogens with zero attached hydrogens (tertiary/aromatic N) is 1. The molecule has 9 nitrogen and oxygen atoms in total. The van der Waals surface area contributed by atoms with E-state index in [9.17, 15) is 18.0 Å². The van der Waals surface area contributed by atoms with Gasteiger partial charge in [-0.05, 0) is 77.7 Å². The number of carbonyl (C=O) groups excluding carboxylic acids is 2. The van der Waals surface area contributed by atoms with E-state index in [0.29, 0.717) is 30.4 Å². The van der Waals surface area contributed by atoms with Gasteiger partial charge in [0.15, 0.2) is 17.2 Å². The standard InChI is InChI=1S/C34H39BrN2O7S2/c1-2-20-42-29(38)22-43-31-30(35)32(45-33(31)34(39)44-28-14-7-4-8-15-28)25-12-9-13-27(21-25)36-26-16-18-37(19-17-26)46(40,41)23-24-10-5-3-6-11-24/h2-3,5-6,9-13,21,26,28,36H,1,4,7-8,14-20,22-23H2. The number of anilines is 1. The molecule has 5 rings (SSSR count). The first-order valence-corrected chi connectivity index (χ1v) is 18.8. The minimum Gasteiger partial charge on any atom is -0.479 e. The number of benzene rings is 2. The van der Waals surface area contributed by atoms with Crippen molar-refractivity contribution in [3.63, 3.8) is 0 Å². The van der Waals surface area contributed by atoms with Crippen molar-refractivity contribution in [2.24, 2.45) is 0 Å². The smallest absolute Gasteiger partial charge is 0.352 e. The zero-order valence-corrected chi connectivity index (χ0v) is 28.8. The molecule has 0 unspecified atom stereocenters. The lowest BCUT2D eigenvalue weighted by Gasteiger charge is -2.32. The van der Waals surface area contributed by atoms with Crippen LogP contribution in [0.4, 0.5) is 5.69 Å². The lowest BCUT2D eigenvalue weighted by molar-refractivity contribution is -0.144. The molecule has 2 heterocycles. The maximum absolute atomic E-state index is 13.4. The minimum atomic E-state index is -3.39. The summed E-state index contributed by atoms with van der Waals surface area (Å²) >= 11 is 4.88. The van der Waals surface area contributed by atoms with Crippen LogP contribution in [0.1, 0.15) is 60.2 Å². The third kappa shape index (κ3) is 8.99. The van der Waals surface area contributed by atoms with Gasteiger partial charge in [-0.15, -0.1) is 11.3 Å². The Morgan fingerprint density at radius 1 is 1.02 bits per heavy atom. The Kier molecular flexibility index (Phi) is 11.9. The van der Waals surface area contributed by atoms with Crippen molar-refractivity contribution < 1.29 is 32.2 Å². The van der Waals surface area contributed by atoms with E-state index in [2.05, 4.69) is 27.8 Å². The fourth-order valence-corrected chi connectivity index (χ4v) is 9.19. The van der Waals surface area contributed by atoms with Crippen molar-refractivity contribution >= 4 is 54.9 Å². The van der Waals surface area contributed by atoms with Crippen LogP contribution in [0.15, 0.2) is 71.7 Å². The van der Waals surface area contributed by atoms with Crippen LogP contribution in [0.2, 0.25) is 0 Å². The van der Waals surface area contributed by atoms with Gasteiger partial charge in [0.1, 0.15) is 12.7 Å². The van der Waals surface area contributed by atoms with Crippen molar-refractivity contribution in [2.45, 2.75) is 62.8 Å². The van der Waals surface area contributed by atoms with Crippen molar-refractivity contribution in [1.29, 1.82) is 0 Å². The van der Waals surface area contributed by atoms with Crippen molar-refractivity contribution in [3.8, 4) is 16.2 Å². The Morgan fingerprint density at radius 2 is 1.76 bits per heavy atom. The van der Waals surface area contributed by atoms with E-state index in [1.807, 2.05) is 54.6 Å². The van der Waals surface area contributed by atoms with Gasteiger partial charge in [-0.3, -0.25) is 0 Å². The number of rotatable bonds is 13. The Morgan fingerprint density at radius 3 is 2.48 bits per heavy atom. The molecule has 1 aliphatic heterocycles. The molecule has 0 atom stereocenters. The SMILES string of the molecule is C=CCOC(=O)COc1c(C(=O)OC2CCCCC2)sc(-c2cccc(NC3CCN(S(=O)(=O)Cc4ccccc4)CC3)c2)c1Br. The fourth-order valence-electron chi connectivity index (χ4n) is 5.70. The third-order valence-corrected chi connectivity index (χ3v) is 12.1. The van der Waals surface area contributed by atoms with Gasteiger partial charge < -0.3 is 19.5 Å². The summed E-state index contributed by atoms with van der Waals surface area (Å²) in [5.74, 6) is -0.793. The zero-order valence-electron chi connectivity index (χ0n) is 25.6. The van der Waals surface area contributed by atoms with Crippen LogP contribution in [0.5, 0.6) is 5.75 Å². The molecule has 0 radical (unpaired) electrons. The van der Waals surface area contributed by atoms with Gasteiger partial charge in [-0.2, -0.15) is 0 Å². The average molecular weight is 732 g/mol. The van der Waals surface area contributed by atoms with Crippen LogP contribution >= 0.6 is 27.3 Å². The number of hydrogen-bond donors (Lipinski definition) is 1. The highest BCUT2D eigenvalue weighted by Crippen LogP contribution is 2.46. The highest BCUT2D eigenvalue weighted by molar-refractivity contribution is 9.10. The normalized spacial score (nSPS) is 16.5. The Hall–Kier alpha value is -3.19. The predicted molar refractivity (Wildman–Crippen MR) is 184 cm³/mol. The second-order valence-electron chi connectivity index (χ2n) is 11.5. The van der Waals surface area contributed by atoms with Gasteiger partial charge in [-0.1, -0.05) is 61.5 Å². The quantitative estimate of drug-likeness (QED) is 0.146. The van der Waals surface area contributed by atoms with E-state index in [1.165, 1.54) is 17.4 Å². The highest BCUT2D eigenvalue weighted by atomic mass is 79.9. The summed E-state index contributed by atoms with van der Waals surface area (Å²) in [6, 6.07) is 17.2. The first kappa shape index (κ1) is 34.2. The largest absolute Gasteiger partial charge is 0.479 e. The summed E-state index contributed by atoms with van der Waals surface area (Å²) in [5, 5.41) is 3.57. The van der Waals surface area contributed by atoms with Crippen LogP contribution in [-0.2, 0) is 30.0 Å². The molecule has 12 heteroatoms. The summed E-state index contributed by atoms with van der Waals surface area (Å²) in [6.45, 7) is 4.15. The van der Waals surface area contributed by atoms with E-state index >= 15 is 0 Å². The van der Waals surface area contributed by atoms with Crippen LogP contribution in [-0.4, -0.2) is 63.1 Å². The molecule has 2 aromatic carbocycles. The van der Waals surface area contributed by atoms with Gasteiger partial charge >= 0.3 is 11.9 Å². The van der Waals surface area contributed by atoms with Gasteiger partial charge in [0, 0.05) is 24.8 Å². The second kappa shape index (κ2) is 16.1. The van der Waals surface area contributed by atoms with Gasteiger partial charge in [0.25, 0.3) is 0 Å². The molecule has 1 aliphatic carbocycles. The predicted octanol–water partition coefficient (Wildman–Crippen LogP) is 7.18. The summed E-state index contributed by atoms with van der Waals surface area (Å²) in [4.78, 5) is 26.6. The number of ether oxygens (including phenoxy) is 3. The van der Waals surface area contributed by atoms with Crippen molar-refractivity contribution in [2.75, 3.05) is 31.6 Å². The lowest BCUT2D eigenvalue weighted by atomic mass is 9.98. The number of esters is 2. The highest BCUT2D eigenvalue weighted by Gasteiger charge is 2.30. The molecule has 1 aromatic heterocycles. The first-order chi connectivity index (χ1) is 22.2. The van der Waals surface area contributed by atoms with E-state index in [1.54, 1.807) is 4.31 Å². The maximum atomic E-state index is 13.4. The Labute approximate surface area is 283 Å². The molecule has 246 valence electrons. The molecular weight excluding hydrogens is 692 g/mol. The van der Waals surface area contributed by atoms with Crippen molar-refractivity contribution in [3.05, 3.63) is 82.2 Å². The van der Waals surface area contributed by atoms with Crippen LogP contribution in [0.25, 0.3) is 10.4 Å². The van der Waals surface area contributed by atoms with Crippen LogP contribution in [0, 0.1) is 0 Å². The summed E-state index contributed by atoms with van der Waals surface area (Å²) in [5.41, 5.74) is 2.51. The Balaban J connectivity index is 1.28. The van der Waals surface area contributed by atoms with E-state index < -0.39 is 22.0 Å². The van der Waals surface area contributed by atoms with E-state index in [4.69, 9.17) is 14.2 Å². The monoisotopic (exact) mass is 730 g/mol. The second-order valence-corrected chi connectivity index (χ2v) is 15.3. The number of thiophene rings is 1. The number of halogens is 1. The van der Waals surface area contributed by atoms with Crippen LogP contribution < -0.4 is 10.1 Å². The number of sulfonamides is 1. The number of carbonyl (C=O) groups is 2. The lowest BCUT2D eigenvalue weighted by Crippen LogP contribution is -2.42. The molecule has 0 spiro atoms. The summed E-state index contributed by atoms with van der Waals surface area (Å²) in [6.07, 6.45) is 7.56. The summed E-state index contributed by atoms with van der Waals surface area (Å²) < 4.78 is 44.9. The molecule has 1 saturated carbocycles. The third-order valence-electron chi connectivity index (χ3n) is 8.05. The maximum Gasteiger partial charge on any atom is 0.352 e. The Bertz CT molecular complexity index is 1610. The molecule has 3 aromatic rings. The number of hydrogen-bond acceptors (Lipinski definition) is 9.